The Hall–Kier alpha value is -0.410. The zero-order valence-corrected chi connectivity index (χ0v) is 10.3. The van der Waals surface area contributed by atoms with E-state index in [9.17, 15) is 10.0 Å². The molecule has 0 fully saturated rings. The molecule has 0 aromatic carbocycles. The maximum absolute atomic E-state index is 11.2. The number of unbranched alkanes of at least 4 members (excludes halogenated alkanes) is 5. The largest absolute Gasteiger partial charge is 0.628 e. The number of hydrogen-bond donors (Lipinski definition) is 1. The van der Waals surface area contributed by atoms with Crippen molar-refractivity contribution in [2.24, 2.45) is 5.41 Å². The number of nitrogens with two attached hydrogens (primary N) is 1. The van der Waals surface area contributed by atoms with Gasteiger partial charge in [-0.1, -0.05) is 45.4 Å². The molecule has 3 heteroatoms. The van der Waals surface area contributed by atoms with Crippen LogP contribution >= 0.6 is 0 Å². The molecule has 0 aromatic heterocycles. The first kappa shape index (κ1) is 14.6. The van der Waals surface area contributed by atoms with Crippen LogP contribution in [0.15, 0.2) is 0 Å². The van der Waals surface area contributed by atoms with Crippen LogP contribution in [0.25, 0.3) is 0 Å². The lowest BCUT2D eigenvalue weighted by Gasteiger charge is -2.20. The number of quaternary nitrogens is 1. The van der Waals surface area contributed by atoms with E-state index in [2.05, 4.69) is 6.92 Å². The maximum atomic E-state index is 11.2. The molecule has 0 aliphatic carbocycles. The summed E-state index contributed by atoms with van der Waals surface area (Å²) in [6, 6.07) is 0. The van der Waals surface area contributed by atoms with Gasteiger partial charge in [-0.15, -0.1) is 0 Å². The molecule has 0 saturated heterocycles. The molecule has 0 unspecified atom stereocenters. The van der Waals surface area contributed by atoms with Crippen LogP contribution in [0.4, 0.5) is 0 Å². The van der Waals surface area contributed by atoms with Crippen molar-refractivity contribution in [2.45, 2.75) is 65.7 Å². The third-order valence-electron chi connectivity index (χ3n) is 2.93. The first-order valence-corrected chi connectivity index (χ1v) is 6.04. The van der Waals surface area contributed by atoms with Crippen LogP contribution in [0.2, 0.25) is 0 Å². The number of rotatable bonds is 8. The Kier molecular flexibility index (Phi) is 7.61. The normalized spacial score (nSPS) is 11.7. The molecule has 0 bridgehead atoms. The third-order valence-corrected chi connectivity index (χ3v) is 2.93. The average molecular weight is 215 g/mol. The summed E-state index contributed by atoms with van der Waals surface area (Å²) in [5, 5.41) is 10.4. The Labute approximate surface area is 93.2 Å². The SMILES string of the molecule is CCCCCCCCC(C)(C)C(=O)[NH2+][O-]. The lowest BCUT2D eigenvalue weighted by atomic mass is 9.86. The van der Waals surface area contributed by atoms with E-state index < -0.39 is 5.41 Å². The minimum atomic E-state index is -0.452. The van der Waals surface area contributed by atoms with Crippen LogP contribution < -0.4 is 5.48 Å². The highest BCUT2D eigenvalue weighted by molar-refractivity contribution is 5.72. The van der Waals surface area contributed by atoms with Crippen molar-refractivity contribution in [3.8, 4) is 0 Å². The van der Waals surface area contributed by atoms with Gasteiger partial charge in [0.15, 0.2) is 0 Å². The zero-order valence-electron chi connectivity index (χ0n) is 10.3. The monoisotopic (exact) mass is 215 g/mol. The van der Waals surface area contributed by atoms with Gasteiger partial charge in [-0.3, -0.25) is 0 Å². The van der Waals surface area contributed by atoms with Crippen LogP contribution in [-0.2, 0) is 4.79 Å². The summed E-state index contributed by atoms with van der Waals surface area (Å²) >= 11 is 0. The van der Waals surface area contributed by atoms with Gasteiger partial charge in [-0.05, 0) is 20.3 Å². The van der Waals surface area contributed by atoms with Crippen molar-refractivity contribution in [1.29, 1.82) is 0 Å². The van der Waals surface area contributed by atoms with Crippen molar-refractivity contribution in [2.75, 3.05) is 0 Å². The Balaban J connectivity index is 3.53. The molecule has 1 amide bonds. The second kappa shape index (κ2) is 7.83. The molecule has 0 atom stereocenters. The molecule has 0 rings (SSSR count). The van der Waals surface area contributed by atoms with Crippen LogP contribution in [0.5, 0.6) is 0 Å². The van der Waals surface area contributed by atoms with Gasteiger partial charge >= 0.3 is 5.91 Å². The van der Waals surface area contributed by atoms with Crippen molar-refractivity contribution in [3.63, 3.8) is 0 Å². The van der Waals surface area contributed by atoms with E-state index in [1.54, 1.807) is 0 Å². The highest BCUT2D eigenvalue weighted by Crippen LogP contribution is 2.22. The molecule has 0 saturated carbocycles. The number of carbonyl (C=O) groups is 1. The van der Waals surface area contributed by atoms with E-state index in [-0.39, 0.29) is 5.91 Å². The Bertz CT molecular complexity index is 178. The number of carbonyl (C=O) groups excluding carboxylic acids is 1. The van der Waals surface area contributed by atoms with Crippen LogP contribution in [0.1, 0.15) is 65.7 Å². The van der Waals surface area contributed by atoms with Gasteiger partial charge in [0.1, 0.15) is 0 Å². The van der Waals surface area contributed by atoms with Crippen molar-refractivity contribution in [3.05, 3.63) is 5.21 Å². The fourth-order valence-corrected chi connectivity index (χ4v) is 1.63. The summed E-state index contributed by atoms with van der Waals surface area (Å²) in [5.74, 6) is -0.268. The van der Waals surface area contributed by atoms with E-state index >= 15 is 0 Å². The molecule has 2 N–H and O–H groups in total. The second-order valence-corrected chi connectivity index (χ2v) is 4.88. The van der Waals surface area contributed by atoms with Crippen molar-refractivity contribution in [1.82, 2.24) is 0 Å². The maximum Gasteiger partial charge on any atom is 0.315 e. The van der Waals surface area contributed by atoms with Crippen LogP contribution in [-0.4, -0.2) is 5.91 Å². The van der Waals surface area contributed by atoms with Gasteiger partial charge in [-0.25, -0.2) is 4.79 Å². The van der Waals surface area contributed by atoms with Gasteiger partial charge < -0.3 is 10.7 Å². The topological polar surface area (TPSA) is 56.7 Å². The standard InChI is InChI=1S/C12H25NO2/c1-4-5-6-7-8-9-10-12(2,3)11(14)13-15/h4-10,13H2,1-3H3. The predicted octanol–water partition coefficient (Wildman–Crippen LogP) is 2.35. The quantitative estimate of drug-likeness (QED) is 0.499. The fourth-order valence-electron chi connectivity index (χ4n) is 1.63. The summed E-state index contributed by atoms with van der Waals surface area (Å²) < 4.78 is 0. The minimum Gasteiger partial charge on any atom is -0.628 e. The van der Waals surface area contributed by atoms with Gasteiger partial charge in [0.05, 0.1) is 5.41 Å². The molecule has 0 radical (unpaired) electrons. The van der Waals surface area contributed by atoms with Gasteiger partial charge in [0.25, 0.3) is 0 Å². The van der Waals surface area contributed by atoms with Crippen LogP contribution in [0.3, 0.4) is 0 Å². The number of amides is 1. The van der Waals surface area contributed by atoms with E-state index in [0.29, 0.717) is 5.48 Å². The van der Waals surface area contributed by atoms with E-state index in [0.717, 1.165) is 12.8 Å². The predicted molar refractivity (Wildman–Crippen MR) is 62.1 cm³/mol. The molecule has 0 heterocycles. The summed E-state index contributed by atoms with van der Waals surface area (Å²) in [6.45, 7) is 5.91. The molecule has 0 aromatic rings. The average Bonchev–Trinajstić information content (AvgIpc) is 2.22. The summed E-state index contributed by atoms with van der Waals surface area (Å²) in [7, 11) is 0. The highest BCUT2D eigenvalue weighted by atomic mass is 16.5. The minimum absolute atomic E-state index is 0.268. The second-order valence-electron chi connectivity index (χ2n) is 4.88. The Morgan fingerprint density at radius 1 is 1.13 bits per heavy atom. The van der Waals surface area contributed by atoms with Crippen molar-refractivity contribution < 1.29 is 10.3 Å². The number of hydroxylamine groups is 1. The molecule has 3 nitrogen and oxygen atoms in total. The lowest BCUT2D eigenvalue weighted by molar-refractivity contribution is -0.507. The molecule has 0 spiro atoms. The fraction of sp³-hybridized carbons (Fsp3) is 0.917. The summed E-state index contributed by atoms with van der Waals surface area (Å²) in [4.78, 5) is 11.2. The molecule has 0 aliphatic rings. The first-order chi connectivity index (χ1) is 7.04. The number of primary amides is 1. The lowest BCUT2D eigenvalue weighted by Crippen LogP contribution is -2.84. The van der Waals surface area contributed by atoms with Crippen molar-refractivity contribution >= 4 is 5.91 Å². The molecule has 15 heavy (non-hydrogen) atoms. The highest BCUT2D eigenvalue weighted by Gasteiger charge is 2.28. The summed E-state index contributed by atoms with van der Waals surface area (Å²) in [6.07, 6.45) is 8.16. The zero-order chi connectivity index (χ0) is 11.7. The third kappa shape index (κ3) is 6.63. The molecule has 0 aliphatic heterocycles. The smallest absolute Gasteiger partial charge is 0.315 e. The number of hydrogen-bond acceptors (Lipinski definition) is 2. The van der Waals surface area contributed by atoms with E-state index in [1.165, 1.54) is 32.1 Å². The van der Waals surface area contributed by atoms with Crippen LogP contribution in [0, 0.1) is 10.6 Å². The van der Waals surface area contributed by atoms with E-state index in [4.69, 9.17) is 0 Å². The van der Waals surface area contributed by atoms with E-state index in [1.807, 2.05) is 13.8 Å². The van der Waals surface area contributed by atoms with Gasteiger partial charge in [-0.2, -0.15) is 0 Å². The molecular formula is C12H25NO2. The van der Waals surface area contributed by atoms with Gasteiger partial charge in [0, 0.05) is 0 Å². The summed E-state index contributed by atoms with van der Waals surface area (Å²) in [5.41, 5.74) is 0.00356. The first-order valence-electron chi connectivity index (χ1n) is 6.04. The Morgan fingerprint density at radius 2 is 1.67 bits per heavy atom. The van der Waals surface area contributed by atoms with Gasteiger partial charge in [0.2, 0.25) is 0 Å². The molecular weight excluding hydrogens is 190 g/mol. The molecule has 90 valence electrons. The Morgan fingerprint density at radius 3 is 2.20 bits per heavy atom.